The normalized spacial score (nSPS) is 20.1. The van der Waals surface area contributed by atoms with Gasteiger partial charge in [0.2, 0.25) is 11.8 Å². The Morgan fingerprint density at radius 3 is 2.68 bits per heavy atom. The lowest BCUT2D eigenvalue weighted by atomic mass is 9.77. The molecule has 37 heavy (non-hydrogen) atoms. The quantitative estimate of drug-likeness (QED) is 0.304. The molecule has 0 saturated heterocycles. The summed E-state index contributed by atoms with van der Waals surface area (Å²) in [6.07, 6.45) is 0.101. The molecule has 10 nitrogen and oxygen atoms in total. The molecule has 1 aliphatic carbocycles. The van der Waals surface area contributed by atoms with E-state index in [1.165, 1.54) is 11.3 Å². The number of nitrogens with one attached hydrogen (secondary N) is 2. The number of anilines is 2. The fourth-order valence-corrected chi connectivity index (χ4v) is 5.51. The van der Waals surface area contributed by atoms with Crippen molar-refractivity contribution in [3.8, 4) is 10.4 Å². The number of aromatic amines is 1. The van der Waals surface area contributed by atoms with Crippen LogP contribution in [0.1, 0.15) is 53.8 Å². The Balaban J connectivity index is 1.36. The van der Waals surface area contributed by atoms with Gasteiger partial charge in [0.15, 0.2) is 5.54 Å². The van der Waals surface area contributed by atoms with Gasteiger partial charge in [-0.25, -0.2) is 24.8 Å². The van der Waals surface area contributed by atoms with Crippen LogP contribution in [-0.2, 0) is 11.7 Å². The lowest BCUT2D eigenvalue weighted by Crippen LogP contribution is -2.29. The molecule has 0 amide bonds. The number of hydrogen-bond acceptors (Lipinski definition) is 10. The van der Waals surface area contributed by atoms with Crippen molar-refractivity contribution in [1.82, 2.24) is 25.1 Å². The minimum atomic E-state index is -4.58. The van der Waals surface area contributed by atoms with Crippen LogP contribution < -0.4 is 11.1 Å². The van der Waals surface area contributed by atoms with Crippen LogP contribution >= 0.6 is 11.3 Å². The molecule has 0 atom stereocenters. The molecule has 192 valence electrons. The topological polar surface area (TPSA) is 139 Å². The average molecular weight is 532 g/mol. The van der Waals surface area contributed by atoms with Crippen LogP contribution in [0.2, 0.25) is 0 Å². The summed E-state index contributed by atoms with van der Waals surface area (Å²) >= 11 is 1.34. The zero-order valence-corrected chi connectivity index (χ0v) is 20.2. The van der Waals surface area contributed by atoms with Gasteiger partial charge in [-0.15, -0.1) is 21.3 Å². The molecule has 0 spiro atoms. The lowest BCUT2D eigenvalue weighted by Gasteiger charge is -2.31. The van der Waals surface area contributed by atoms with E-state index in [4.69, 9.17) is 4.42 Å². The Labute approximate surface area is 211 Å². The summed E-state index contributed by atoms with van der Waals surface area (Å²) in [7, 11) is 0. The Kier molecular flexibility index (Phi) is 6.35. The van der Waals surface area contributed by atoms with Crippen LogP contribution in [0.5, 0.6) is 0 Å². The van der Waals surface area contributed by atoms with Crippen LogP contribution in [0.3, 0.4) is 0 Å². The van der Waals surface area contributed by atoms with Crippen LogP contribution in [-0.4, -0.2) is 25.1 Å². The highest BCUT2D eigenvalue weighted by atomic mass is 32.1. The number of hydrogen-bond donors (Lipinski definition) is 2. The first-order chi connectivity index (χ1) is 17.6. The minimum absolute atomic E-state index is 0.0864. The number of nitrogens with zero attached hydrogens (tertiary/aromatic N) is 5. The molecule has 1 aromatic carbocycles. The van der Waals surface area contributed by atoms with E-state index in [1.807, 2.05) is 13.0 Å². The van der Waals surface area contributed by atoms with Gasteiger partial charge in [-0.3, -0.25) is 0 Å². The second-order valence-corrected chi connectivity index (χ2v) is 9.88. The summed E-state index contributed by atoms with van der Waals surface area (Å²) in [6.45, 7) is 1.85. The zero-order valence-electron chi connectivity index (χ0n) is 19.4. The van der Waals surface area contributed by atoms with Gasteiger partial charge >= 0.3 is 11.9 Å². The fraction of sp³-hybridized carbons (Fsp3) is 0.348. The molecular weight excluding hydrogens is 511 g/mol. The van der Waals surface area contributed by atoms with E-state index in [0.717, 1.165) is 28.3 Å². The maximum absolute atomic E-state index is 13.0. The molecule has 0 unspecified atom stereocenters. The van der Waals surface area contributed by atoms with Crippen molar-refractivity contribution in [2.75, 3.05) is 5.32 Å². The van der Waals surface area contributed by atoms with Crippen molar-refractivity contribution >= 4 is 23.0 Å². The third-order valence-electron chi connectivity index (χ3n) is 6.26. The van der Waals surface area contributed by atoms with E-state index in [1.54, 1.807) is 18.3 Å². The van der Waals surface area contributed by atoms with Gasteiger partial charge in [0.05, 0.1) is 4.88 Å². The molecule has 3 heterocycles. The molecule has 0 radical (unpaired) electrons. The van der Waals surface area contributed by atoms with Gasteiger partial charge in [0, 0.05) is 24.0 Å². The lowest BCUT2D eigenvalue weighted by molar-refractivity contribution is -0.141. The highest BCUT2D eigenvalue weighted by Crippen LogP contribution is 2.47. The predicted octanol–water partition coefficient (Wildman–Crippen LogP) is 5.67. The Hall–Kier alpha value is -3.94. The molecule has 0 bridgehead atoms. The van der Waals surface area contributed by atoms with Gasteiger partial charge in [-0.05, 0) is 61.9 Å². The molecule has 0 aliphatic heterocycles. The van der Waals surface area contributed by atoms with E-state index in [2.05, 4.69) is 35.6 Å². The molecule has 3 aromatic heterocycles. The van der Waals surface area contributed by atoms with Crippen LogP contribution in [0.25, 0.3) is 10.4 Å². The minimum Gasteiger partial charge on any atom is -0.392 e. The van der Waals surface area contributed by atoms with Crippen molar-refractivity contribution in [2.45, 2.75) is 50.2 Å². The van der Waals surface area contributed by atoms with Crippen LogP contribution in [0, 0.1) is 11.8 Å². The first-order valence-corrected chi connectivity index (χ1v) is 12.1. The molecule has 1 saturated carbocycles. The Morgan fingerprint density at radius 1 is 1.22 bits per heavy atom. The van der Waals surface area contributed by atoms with Crippen molar-refractivity contribution in [1.29, 1.82) is 0 Å². The smallest absolute Gasteiger partial charge is 0.392 e. The molecule has 4 aromatic rings. The van der Waals surface area contributed by atoms with Gasteiger partial charge in [-0.2, -0.15) is 13.2 Å². The first-order valence-electron chi connectivity index (χ1n) is 11.3. The number of aromatic nitrogens is 5. The van der Waals surface area contributed by atoms with E-state index >= 15 is 0 Å². The van der Waals surface area contributed by atoms with E-state index in [9.17, 15) is 22.9 Å². The third-order valence-corrected chi connectivity index (χ3v) is 7.50. The number of aryl methyl sites for hydroxylation is 1. The van der Waals surface area contributed by atoms with Crippen molar-refractivity contribution in [3.05, 3.63) is 74.3 Å². The molecule has 14 heteroatoms. The number of rotatable bonds is 6. The fourth-order valence-electron chi connectivity index (χ4n) is 4.43. The average Bonchev–Trinajstić information content (AvgIpc) is 3.53. The summed E-state index contributed by atoms with van der Waals surface area (Å²) in [6, 6.07) is 6.23. The summed E-state index contributed by atoms with van der Waals surface area (Å²) in [5.41, 5.74) is 0.0963. The Bertz CT molecular complexity index is 1490. The standard InChI is InChI=1S/C23H20F3N7O3S/c1-12-8-14(10-15(9-12)29-20-27-7-4-17(30-20)23(24,25)26)16-11-28-19(37-16)22(33-35)5-2-13(3-6-22)18-31-32-21(34)36-18/h4,7-11,13H,2-3,5-6H2,1H3,(H,32,34)(H,27,29,30). The van der Waals surface area contributed by atoms with Crippen LogP contribution in [0.15, 0.2) is 51.0 Å². The first kappa shape index (κ1) is 24.7. The number of thiazole rings is 1. The van der Waals surface area contributed by atoms with Crippen molar-refractivity contribution in [3.63, 3.8) is 0 Å². The van der Waals surface area contributed by atoms with Gasteiger partial charge < -0.3 is 9.73 Å². The SMILES string of the molecule is Cc1cc(Nc2nccc(C(F)(F)F)n2)cc(-c2cnc(C3(N=O)CCC(c4n[nH]c(=O)o4)CC3)s2)c1. The maximum Gasteiger partial charge on any atom is 0.434 e. The van der Waals surface area contributed by atoms with Crippen LogP contribution in [0.4, 0.5) is 24.8 Å². The van der Waals surface area contributed by atoms with E-state index in [-0.39, 0.29) is 11.9 Å². The second kappa shape index (κ2) is 9.50. The molecule has 1 fully saturated rings. The summed E-state index contributed by atoms with van der Waals surface area (Å²) in [5.74, 6) is -0.549. The number of benzene rings is 1. The van der Waals surface area contributed by atoms with E-state index in [0.29, 0.717) is 42.3 Å². The summed E-state index contributed by atoms with van der Waals surface area (Å²) in [4.78, 5) is 36.0. The number of nitroso groups, excluding NO2 is 1. The zero-order chi connectivity index (χ0) is 26.2. The largest absolute Gasteiger partial charge is 0.434 e. The monoisotopic (exact) mass is 531 g/mol. The summed E-state index contributed by atoms with van der Waals surface area (Å²) < 4.78 is 44.1. The third kappa shape index (κ3) is 5.14. The highest BCUT2D eigenvalue weighted by molar-refractivity contribution is 7.15. The van der Waals surface area contributed by atoms with Gasteiger partial charge in [0.1, 0.15) is 10.7 Å². The Morgan fingerprint density at radius 2 is 2.00 bits per heavy atom. The second-order valence-electron chi connectivity index (χ2n) is 8.85. The number of H-pyrrole nitrogens is 1. The molecule has 2 N–H and O–H groups in total. The van der Waals surface area contributed by atoms with Crippen molar-refractivity contribution in [2.24, 2.45) is 5.18 Å². The molecule has 1 aliphatic rings. The van der Waals surface area contributed by atoms with Gasteiger partial charge in [-0.1, -0.05) is 11.2 Å². The predicted molar refractivity (Wildman–Crippen MR) is 128 cm³/mol. The molecule has 5 rings (SSSR count). The maximum atomic E-state index is 13.0. The van der Waals surface area contributed by atoms with Gasteiger partial charge in [0.25, 0.3) is 0 Å². The number of halogens is 3. The highest BCUT2D eigenvalue weighted by Gasteiger charge is 2.42. The van der Waals surface area contributed by atoms with E-state index < -0.39 is 23.2 Å². The molecular formula is C23H20F3N7O3S. The van der Waals surface area contributed by atoms with Crippen molar-refractivity contribution < 1.29 is 17.6 Å². The number of alkyl halides is 3. The summed E-state index contributed by atoms with van der Waals surface area (Å²) in [5, 5.41) is 13.0.